The van der Waals surface area contributed by atoms with Gasteiger partial charge in [0.25, 0.3) is 0 Å². The van der Waals surface area contributed by atoms with Crippen molar-refractivity contribution in [1.82, 2.24) is 4.98 Å². The van der Waals surface area contributed by atoms with Gasteiger partial charge in [0.05, 0.1) is 10.6 Å². The highest BCUT2D eigenvalue weighted by Gasteiger charge is 2.24. The molecule has 1 aromatic carbocycles. The molecule has 7 heteroatoms. The molecule has 3 rings (SSSR count). The molecule has 0 radical (unpaired) electrons. The highest BCUT2D eigenvalue weighted by Crippen LogP contribution is 2.47. The van der Waals surface area contributed by atoms with Gasteiger partial charge in [0, 0.05) is 29.0 Å². The molecular weight excluding hydrogens is 329 g/mol. The number of hydrogen-bond donors (Lipinski definition) is 0. The fourth-order valence-electron chi connectivity index (χ4n) is 2.78. The van der Waals surface area contributed by atoms with Crippen LogP contribution in [0.1, 0.15) is 25.7 Å². The maximum Gasteiger partial charge on any atom is 0.203 e. The number of anilines is 2. The van der Waals surface area contributed by atoms with E-state index in [2.05, 4.69) is 9.88 Å². The zero-order chi connectivity index (χ0) is 16.9. The van der Waals surface area contributed by atoms with E-state index in [0.717, 1.165) is 47.1 Å². The molecular formula is C17H18FN3O2S. The molecule has 2 aromatic rings. The number of unbranched alkanes of at least 4 members (excludes halogenated alkanes) is 3. The second-order valence-electron chi connectivity index (χ2n) is 5.66. The molecule has 24 heavy (non-hydrogen) atoms. The van der Waals surface area contributed by atoms with E-state index in [1.54, 1.807) is 18.3 Å². The molecule has 0 N–H and O–H groups in total. The van der Waals surface area contributed by atoms with Crippen LogP contribution in [-0.2, 0) is 0 Å². The Labute approximate surface area is 144 Å². The van der Waals surface area contributed by atoms with E-state index in [9.17, 15) is 14.5 Å². The number of benzene rings is 1. The molecule has 1 aliphatic rings. The monoisotopic (exact) mass is 347 g/mol. The molecule has 0 bridgehead atoms. The van der Waals surface area contributed by atoms with Crippen LogP contribution in [0.5, 0.6) is 0 Å². The number of fused-ring (bicyclic) bond motifs is 2. The molecule has 0 unspecified atom stereocenters. The van der Waals surface area contributed by atoms with Crippen molar-refractivity contribution < 1.29 is 9.31 Å². The minimum Gasteiger partial charge on any atom is -0.324 e. The van der Waals surface area contributed by atoms with E-state index in [0.29, 0.717) is 6.42 Å². The van der Waals surface area contributed by atoms with Crippen LogP contribution in [0.25, 0.3) is 0 Å². The lowest BCUT2D eigenvalue weighted by Crippen LogP contribution is -2.23. The number of nitro groups is 1. The number of hydrogen-bond acceptors (Lipinski definition) is 5. The number of rotatable bonds is 7. The van der Waals surface area contributed by atoms with Crippen LogP contribution >= 0.6 is 11.8 Å². The average Bonchev–Trinajstić information content (AvgIpc) is 2.56. The summed E-state index contributed by atoms with van der Waals surface area (Å²) in [5.41, 5.74) is 0.970. The topological polar surface area (TPSA) is 59.3 Å². The highest BCUT2D eigenvalue weighted by molar-refractivity contribution is 7.99. The van der Waals surface area contributed by atoms with Gasteiger partial charge in [-0.15, -0.1) is 0 Å². The maximum atomic E-state index is 13.6. The molecule has 1 aliphatic heterocycles. The van der Waals surface area contributed by atoms with E-state index in [4.69, 9.17) is 0 Å². The summed E-state index contributed by atoms with van der Waals surface area (Å²) < 4.78 is 13.6. The minimum atomic E-state index is -0.271. The van der Waals surface area contributed by atoms with Crippen molar-refractivity contribution in [1.29, 1.82) is 0 Å². The summed E-state index contributed by atoms with van der Waals surface area (Å²) in [5, 5.41) is 10.3. The van der Waals surface area contributed by atoms with E-state index in [1.807, 2.05) is 12.1 Å². The van der Waals surface area contributed by atoms with Crippen molar-refractivity contribution in [2.24, 2.45) is 0 Å². The molecule has 2 heterocycles. The van der Waals surface area contributed by atoms with Gasteiger partial charge in [0.15, 0.2) is 0 Å². The van der Waals surface area contributed by atoms with Gasteiger partial charge in [-0.1, -0.05) is 18.2 Å². The predicted molar refractivity (Wildman–Crippen MR) is 92.1 cm³/mol. The van der Waals surface area contributed by atoms with Crippen LogP contribution in [0.15, 0.2) is 46.3 Å². The van der Waals surface area contributed by atoms with Crippen LogP contribution in [0, 0.1) is 15.9 Å². The third kappa shape index (κ3) is 3.84. The van der Waals surface area contributed by atoms with E-state index in [-0.39, 0.29) is 17.3 Å². The summed E-state index contributed by atoms with van der Waals surface area (Å²) in [5.74, 6) is 0.653. The van der Waals surface area contributed by atoms with Gasteiger partial charge in [0.1, 0.15) is 11.6 Å². The Morgan fingerprint density at radius 1 is 1.17 bits per heavy atom. The Kier molecular flexibility index (Phi) is 5.30. The molecule has 0 atom stereocenters. The Balaban J connectivity index is 1.69. The zero-order valence-corrected chi connectivity index (χ0v) is 14.0. The smallest absolute Gasteiger partial charge is 0.203 e. The van der Waals surface area contributed by atoms with Crippen molar-refractivity contribution in [2.45, 2.75) is 35.5 Å². The second-order valence-corrected chi connectivity index (χ2v) is 6.75. The lowest BCUT2D eigenvalue weighted by molar-refractivity contribution is -0.480. The van der Waals surface area contributed by atoms with Gasteiger partial charge < -0.3 is 4.90 Å². The molecule has 0 aliphatic carbocycles. The Morgan fingerprint density at radius 3 is 2.83 bits per heavy atom. The number of halogens is 1. The lowest BCUT2D eigenvalue weighted by Gasteiger charge is -2.31. The second kappa shape index (κ2) is 7.61. The number of aromatic nitrogens is 1. The first-order chi connectivity index (χ1) is 11.6. The third-order valence-electron chi connectivity index (χ3n) is 3.91. The molecule has 0 saturated carbocycles. The SMILES string of the molecule is O=[N+]([O-])CCCCCCN1c2ccc(F)cc2Sc2cccnc21. The highest BCUT2D eigenvalue weighted by atomic mass is 32.2. The van der Waals surface area contributed by atoms with Crippen molar-refractivity contribution in [3.63, 3.8) is 0 Å². The molecule has 0 spiro atoms. The molecule has 5 nitrogen and oxygen atoms in total. The quantitative estimate of drug-likeness (QED) is 0.414. The Hall–Kier alpha value is -2.15. The largest absolute Gasteiger partial charge is 0.324 e. The summed E-state index contributed by atoms with van der Waals surface area (Å²) in [7, 11) is 0. The summed E-state index contributed by atoms with van der Waals surface area (Å²) in [6.07, 6.45) is 5.05. The molecule has 0 saturated heterocycles. The first kappa shape index (κ1) is 16.7. The van der Waals surface area contributed by atoms with Crippen LogP contribution in [0.2, 0.25) is 0 Å². The maximum absolute atomic E-state index is 13.6. The molecule has 1 aromatic heterocycles. The van der Waals surface area contributed by atoms with Gasteiger partial charge in [-0.05, 0) is 43.2 Å². The fourth-order valence-corrected chi connectivity index (χ4v) is 3.87. The Morgan fingerprint density at radius 2 is 2.00 bits per heavy atom. The van der Waals surface area contributed by atoms with E-state index >= 15 is 0 Å². The first-order valence-electron chi connectivity index (χ1n) is 7.97. The van der Waals surface area contributed by atoms with Crippen molar-refractivity contribution >= 4 is 23.3 Å². The van der Waals surface area contributed by atoms with Crippen LogP contribution < -0.4 is 4.90 Å². The molecule has 0 fully saturated rings. The summed E-state index contributed by atoms with van der Waals surface area (Å²) >= 11 is 1.53. The van der Waals surface area contributed by atoms with Crippen molar-refractivity contribution in [3.8, 4) is 0 Å². The van der Waals surface area contributed by atoms with Gasteiger partial charge >= 0.3 is 0 Å². The number of nitrogens with zero attached hydrogens (tertiary/aromatic N) is 3. The lowest BCUT2D eigenvalue weighted by atomic mass is 10.1. The standard InChI is InChI=1S/C17H18FN3O2S/c18-13-7-8-14-16(12-13)24-15-6-5-9-19-17(15)20(14)10-3-1-2-4-11-21(22)23/h5-9,12H,1-4,10-11H2. The predicted octanol–water partition coefficient (Wildman–Crippen LogP) is 4.66. The summed E-state index contributed by atoms with van der Waals surface area (Å²) in [6.45, 7) is 0.800. The first-order valence-corrected chi connectivity index (χ1v) is 8.78. The van der Waals surface area contributed by atoms with Crippen molar-refractivity contribution in [3.05, 3.63) is 52.5 Å². The van der Waals surface area contributed by atoms with Crippen LogP contribution in [0.3, 0.4) is 0 Å². The van der Waals surface area contributed by atoms with Gasteiger partial charge in [-0.25, -0.2) is 9.37 Å². The minimum absolute atomic E-state index is 0.0346. The average molecular weight is 347 g/mol. The van der Waals surface area contributed by atoms with Gasteiger partial charge in [-0.3, -0.25) is 10.1 Å². The Bertz CT molecular complexity index is 742. The molecule has 0 amide bonds. The fraction of sp³-hybridized carbons (Fsp3) is 0.353. The number of pyridine rings is 1. The normalized spacial score (nSPS) is 12.6. The summed E-state index contributed by atoms with van der Waals surface area (Å²) in [4.78, 5) is 18.6. The van der Waals surface area contributed by atoms with Crippen molar-refractivity contribution in [2.75, 3.05) is 18.0 Å². The molecule has 126 valence electrons. The zero-order valence-electron chi connectivity index (χ0n) is 13.2. The van der Waals surface area contributed by atoms with Gasteiger partial charge in [0.2, 0.25) is 6.54 Å². The van der Waals surface area contributed by atoms with E-state index < -0.39 is 0 Å². The summed E-state index contributed by atoms with van der Waals surface area (Å²) in [6, 6.07) is 8.69. The van der Waals surface area contributed by atoms with Gasteiger partial charge in [-0.2, -0.15) is 0 Å². The van der Waals surface area contributed by atoms with E-state index in [1.165, 1.54) is 17.8 Å². The van der Waals surface area contributed by atoms with Crippen LogP contribution in [-0.4, -0.2) is 23.0 Å². The third-order valence-corrected chi connectivity index (χ3v) is 5.00. The van der Waals surface area contributed by atoms with Crippen LogP contribution in [0.4, 0.5) is 15.9 Å².